The second-order valence-corrected chi connectivity index (χ2v) is 6.22. The number of rotatable bonds is 7. The molecule has 0 bridgehead atoms. The summed E-state index contributed by atoms with van der Waals surface area (Å²) >= 11 is 0. The van der Waals surface area contributed by atoms with Gasteiger partial charge in [0, 0.05) is 26.0 Å². The molecule has 0 atom stereocenters. The van der Waals surface area contributed by atoms with Crippen molar-refractivity contribution in [1.82, 2.24) is 15.2 Å². The number of carbonyl (C=O) groups is 2. The molecule has 0 radical (unpaired) electrons. The third-order valence-corrected chi connectivity index (χ3v) is 3.94. The van der Waals surface area contributed by atoms with Gasteiger partial charge in [-0.25, -0.2) is 0 Å². The maximum atomic E-state index is 12.6. The summed E-state index contributed by atoms with van der Waals surface area (Å²) in [4.78, 5) is 30.6. The average molecular weight is 329 g/mol. The summed E-state index contributed by atoms with van der Waals surface area (Å²) in [6.45, 7) is 4.08. The van der Waals surface area contributed by atoms with E-state index in [0.717, 1.165) is 12.0 Å². The summed E-state index contributed by atoms with van der Waals surface area (Å²) in [5.74, 6) is 0.116. The van der Waals surface area contributed by atoms with E-state index in [1.54, 1.807) is 56.6 Å². The van der Waals surface area contributed by atoms with Gasteiger partial charge in [-0.15, -0.1) is 0 Å². The lowest BCUT2D eigenvalue weighted by atomic mass is 9.90. The zero-order chi connectivity index (χ0) is 17.6. The van der Waals surface area contributed by atoms with Crippen molar-refractivity contribution in [3.63, 3.8) is 0 Å². The first kappa shape index (κ1) is 17.7. The van der Waals surface area contributed by atoms with Crippen LogP contribution in [-0.2, 0) is 22.6 Å². The van der Waals surface area contributed by atoms with Crippen LogP contribution in [0.2, 0.25) is 0 Å². The van der Waals surface area contributed by atoms with Crippen molar-refractivity contribution >= 4 is 11.8 Å². The SMILES string of the molecule is CN(CCc1ccncc1)C(=O)C(C)(C)C(=O)NCc1ccco1. The fraction of sp³-hybridized carbons (Fsp3) is 0.389. The highest BCUT2D eigenvalue weighted by atomic mass is 16.3. The summed E-state index contributed by atoms with van der Waals surface area (Å²) in [5, 5.41) is 2.75. The van der Waals surface area contributed by atoms with Crippen LogP contribution in [0, 0.1) is 5.41 Å². The molecule has 0 aliphatic heterocycles. The van der Waals surface area contributed by atoms with Gasteiger partial charge in [0.25, 0.3) is 0 Å². The number of carbonyl (C=O) groups excluding carboxylic acids is 2. The van der Waals surface area contributed by atoms with Crippen LogP contribution in [0.25, 0.3) is 0 Å². The number of pyridine rings is 1. The smallest absolute Gasteiger partial charge is 0.237 e. The molecule has 0 fully saturated rings. The number of amides is 2. The van der Waals surface area contributed by atoms with E-state index in [-0.39, 0.29) is 18.4 Å². The van der Waals surface area contributed by atoms with Gasteiger partial charge in [-0.2, -0.15) is 0 Å². The quantitative estimate of drug-likeness (QED) is 0.789. The van der Waals surface area contributed by atoms with Gasteiger partial charge < -0.3 is 14.6 Å². The van der Waals surface area contributed by atoms with Crippen molar-refractivity contribution in [1.29, 1.82) is 0 Å². The highest BCUT2D eigenvalue weighted by Crippen LogP contribution is 2.19. The first-order valence-electron chi connectivity index (χ1n) is 7.86. The van der Waals surface area contributed by atoms with Crippen molar-refractivity contribution in [2.24, 2.45) is 5.41 Å². The number of likely N-dealkylation sites (N-methyl/N-ethyl adjacent to an activating group) is 1. The fourth-order valence-electron chi connectivity index (χ4n) is 2.32. The van der Waals surface area contributed by atoms with Gasteiger partial charge in [-0.1, -0.05) is 0 Å². The third kappa shape index (κ3) is 4.44. The Hall–Kier alpha value is -2.63. The van der Waals surface area contributed by atoms with Crippen LogP contribution >= 0.6 is 0 Å². The molecule has 2 aromatic rings. The second kappa shape index (κ2) is 7.77. The number of nitrogens with one attached hydrogen (secondary N) is 1. The van der Waals surface area contributed by atoms with Gasteiger partial charge in [-0.05, 0) is 50.1 Å². The molecule has 2 heterocycles. The first-order chi connectivity index (χ1) is 11.4. The highest BCUT2D eigenvalue weighted by molar-refractivity contribution is 6.04. The minimum Gasteiger partial charge on any atom is -0.467 e. The molecule has 2 amide bonds. The lowest BCUT2D eigenvalue weighted by Gasteiger charge is -2.28. The van der Waals surface area contributed by atoms with Crippen molar-refractivity contribution in [3.05, 3.63) is 54.2 Å². The molecule has 0 unspecified atom stereocenters. The topological polar surface area (TPSA) is 75.4 Å². The fourth-order valence-corrected chi connectivity index (χ4v) is 2.32. The Kier molecular flexibility index (Phi) is 5.73. The van der Waals surface area contributed by atoms with Gasteiger partial charge in [0.05, 0.1) is 12.8 Å². The van der Waals surface area contributed by atoms with Crippen LogP contribution < -0.4 is 5.32 Å². The van der Waals surface area contributed by atoms with Crippen LogP contribution in [0.15, 0.2) is 47.3 Å². The molecule has 0 aromatic carbocycles. The monoisotopic (exact) mass is 329 g/mol. The summed E-state index contributed by atoms with van der Waals surface area (Å²) in [7, 11) is 1.71. The molecule has 2 rings (SSSR count). The molecule has 0 aliphatic rings. The van der Waals surface area contributed by atoms with Crippen LogP contribution in [0.5, 0.6) is 0 Å². The van der Waals surface area contributed by atoms with Gasteiger partial charge in [0.15, 0.2) is 0 Å². The van der Waals surface area contributed by atoms with Crippen LogP contribution in [0.4, 0.5) is 0 Å². The second-order valence-electron chi connectivity index (χ2n) is 6.22. The van der Waals surface area contributed by atoms with Crippen LogP contribution in [0.3, 0.4) is 0 Å². The lowest BCUT2D eigenvalue weighted by Crippen LogP contribution is -2.48. The van der Waals surface area contributed by atoms with E-state index in [1.807, 2.05) is 12.1 Å². The molecule has 0 saturated heterocycles. The number of hydrogen-bond donors (Lipinski definition) is 1. The van der Waals surface area contributed by atoms with Crippen molar-refractivity contribution in [2.75, 3.05) is 13.6 Å². The molecule has 128 valence electrons. The Morgan fingerprint density at radius 2 is 1.96 bits per heavy atom. The average Bonchev–Trinajstić information content (AvgIpc) is 3.11. The predicted molar refractivity (Wildman–Crippen MR) is 89.9 cm³/mol. The van der Waals surface area contributed by atoms with Gasteiger partial charge in [0.1, 0.15) is 11.2 Å². The first-order valence-corrected chi connectivity index (χ1v) is 7.86. The molecule has 2 aromatic heterocycles. The van der Waals surface area contributed by atoms with E-state index in [4.69, 9.17) is 4.42 Å². The Labute approximate surface area is 141 Å². The minimum absolute atomic E-state index is 0.214. The van der Waals surface area contributed by atoms with E-state index in [9.17, 15) is 9.59 Å². The lowest BCUT2D eigenvalue weighted by molar-refractivity contribution is -0.147. The maximum absolute atomic E-state index is 12.6. The largest absolute Gasteiger partial charge is 0.467 e. The number of aromatic nitrogens is 1. The number of nitrogens with zero attached hydrogens (tertiary/aromatic N) is 2. The summed E-state index contributed by atoms with van der Waals surface area (Å²) in [6.07, 6.45) is 5.71. The van der Waals surface area contributed by atoms with E-state index >= 15 is 0 Å². The molecule has 0 aliphatic carbocycles. The molecule has 6 nitrogen and oxygen atoms in total. The van der Waals surface area contributed by atoms with Crippen LogP contribution in [0.1, 0.15) is 25.2 Å². The van der Waals surface area contributed by atoms with Crippen molar-refractivity contribution in [2.45, 2.75) is 26.8 Å². The Balaban J connectivity index is 1.88. The summed E-state index contributed by atoms with van der Waals surface area (Å²) in [5.41, 5.74) is -0.0377. The molecule has 6 heteroatoms. The Bertz CT molecular complexity index is 666. The molecule has 0 spiro atoms. The number of furan rings is 1. The van der Waals surface area contributed by atoms with E-state index in [0.29, 0.717) is 12.3 Å². The van der Waals surface area contributed by atoms with E-state index in [1.165, 1.54) is 0 Å². The van der Waals surface area contributed by atoms with Gasteiger partial charge in [0.2, 0.25) is 11.8 Å². The normalized spacial score (nSPS) is 11.1. The number of hydrogen-bond acceptors (Lipinski definition) is 4. The van der Waals surface area contributed by atoms with Crippen LogP contribution in [-0.4, -0.2) is 35.3 Å². The van der Waals surface area contributed by atoms with Gasteiger partial charge >= 0.3 is 0 Å². The van der Waals surface area contributed by atoms with E-state index in [2.05, 4.69) is 10.3 Å². The minimum atomic E-state index is -1.14. The van der Waals surface area contributed by atoms with Gasteiger partial charge in [-0.3, -0.25) is 14.6 Å². The molecular weight excluding hydrogens is 306 g/mol. The standard InChI is InChI=1S/C18H23N3O3/c1-18(2,16(22)20-13-15-5-4-12-24-15)17(23)21(3)11-8-14-6-9-19-10-7-14/h4-7,9-10,12H,8,11,13H2,1-3H3,(H,20,22). The van der Waals surface area contributed by atoms with Crippen molar-refractivity contribution in [3.8, 4) is 0 Å². The third-order valence-electron chi connectivity index (χ3n) is 3.94. The predicted octanol–water partition coefficient (Wildman–Crippen LogP) is 2.02. The molecular formula is C18H23N3O3. The molecule has 0 saturated carbocycles. The molecule has 24 heavy (non-hydrogen) atoms. The zero-order valence-corrected chi connectivity index (χ0v) is 14.3. The summed E-state index contributed by atoms with van der Waals surface area (Å²) < 4.78 is 5.18. The molecule has 1 N–H and O–H groups in total. The maximum Gasteiger partial charge on any atom is 0.237 e. The van der Waals surface area contributed by atoms with Crippen molar-refractivity contribution < 1.29 is 14.0 Å². The Morgan fingerprint density at radius 1 is 1.25 bits per heavy atom. The summed E-state index contributed by atoms with van der Waals surface area (Å²) in [6, 6.07) is 7.36. The van der Waals surface area contributed by atoms with E-state index < -0.39 is 5.41 Å². The Morgan fingerprint density at radius 3 is 2.58 bits per heavy atom. The highest BCUT2D eigenvalue weighted by Gasteiger charge is 2.37. The zero-order valence-electron chi connectivity index (χ0n) is 14.3.